The minimum absolute atomic E-state index is 0.387. The van der Waals surface area contributed by atoms with E-state index < -0.39 is 0 Å². The summed E-state index contributed by atoms with van der Waals surface area (Å²) in [6, 6.07) is 10.2. The van der Waals surface area contributed by atoms with Crippen LogP contribution in [0.1, 0.15) is 12.5 Å². The van der Waals surface area contributed by atoms with Crippen LogP contribution in [0.3, 0.4) is 0 Å². The van der Waals surface area contributed by atoms with E-state index in [2.05, 4.69) is 47.5 Å². The first-order chi connectivity index (χ1) is 16.1. The van der Waals surface area contributed by atoms with Gasteiger partial charge in [0.05, 0.1) is 12.3 Å². The summed E-state index contributed by atoms with van der Waals surface area (Å²) in [7, 11) is 0. The average molecular weight is 425 g/mol. The molecule has 0 atom stereocenters. The van der Waals surface area contributed by atoms with Crippen molar-refractivity contribution in [3.8, 4) is 0 Å². The zero-order chi connectivity index (χ0) is 23.0. The molecule has 0 unspecified atom stereocenters. The maximum Gasteiger partial charge on any atom is 0.104 e. The molecule has 2 heterocycles. The average Bonchev–Trinajstić information content (AvgIpc) is 3.10. The molecule has 158 valence electrons. The molecule has 0 N–H and O–H groups in total. The van der Waals surface area contributed by atoms with Crippen molar-refractivity contribution in [3.05, 3.63) is 154 Å². The summed E-state index contributed by atoms with van der Waals surface area (Å²) in [5.41, 5.74) is 18.1. The largest absolute Gasteiger partial charge is 0.278 e. The lowest BCUT2D eigenvalue weighted by Gasteiger charge is -2.11. The Morgan fingerprint density at radius 2 is 1.88 bits per heavy atom. The van der Waals surface area contributed by atoms with Gasteiger partial charge in [-0.25, -0.2) is 0 Å². The third-order valence-electron chi connectivity index (χ3n) is 5.20. The molecular weight excluding hydrogens is 400 g/mol. The highest BCUT2D eigenvalue weighted by atomic mass is 14.8. The van der Waals surface area contributed by atoms with Crippen molar-refractivity contribution in [3.63, 3.8) is 0 Å². The molecule has 0 aromatic heterocycles. The Morgan fingerprint density at radius 3 is 2.70 bits per heavy atom. The number of aliphatic imine (C=N–C) groups is 2. The van der Waals surface area contributed by atoms with Crippen molar-refractivity contribution in [1.82, 2.24) is 0 Å². The van der Waals surface area contributed by atoms with Crippen molar-refractivity contribution in [2.24, 2.45) is 9.98 Å². The standard InChI is InChI=1S/C31H24N2/c1-23(2)31-21-30(26-14-7-4-5-8-15-26)24(3)17-18-27-20-28(22-33-31)32-19-11-16-29(27)25-12-9-6-10-13-25/h4,6-15,17-19,21H,1,3,22H2,2H3/b18-17-,30-21+,32-19?,33-31?. The highest BCUT2D eigenvalue weighted by Gasteiger charge is 2.12. The summed E-state index contributed by atoms with van der Waals surface area (Å²) >= 11 is 0. The molecule has 33 heavy (non-hydrogen) atoms. The first-order valence-electron chi connectivity index (χ1n) is 10.8. The molecule has 0 spiro atoms. The molecule has 0 fully saturated rings. The summed E-state index contributed by atoms with van der Waals surface area (Å²) in [4.78, 5) is 9.38. The van der Waals surface area contributed by atoms with E-state index in [1.165, 1.54) is 0 Å². The van der Waals surface area contributed by atoms with Crippen LogP contribution in [0.15, 0.2) is 159 Å². The van der Waals surface area contributed by atoms with Crippen molar-refractivity contribution < 1.29 is 0 Å². The van der Waals surface area contributed by atoms with Gasteiger partial charge in [0, 0.05) is 17.4 Å². The van der Waals surface area contributed by atoms with Crippen molar-refractivity contribution in [1.29, 1.82) is 0 Å². The smallest absolute Gasteiger partial charge is 0.104 e. The van der Waals surface area contributed by atoms with Gasteiger partial charge >= 0.3 is 0 Å². The predicted octanol–water partition coefficient (Wildman–Crippen LogP) is 7.00. The molecule has 0 amide bonds. The summed E-state index contributed by atoms with van der Waals surface area (Å²) in [5.74, 6) is 0. The number of nitrogens with zero attached hydrogens (tertiary/aromatic N) is 2. The summed E-state index contributed by atoms with van der Waals surface area (Å²) in [6.45, 7) is 10.9. The zero-order valence-electron chi connectivity index (χ0n) is 18.7. The topological polar surface area (TPSA) is 24.7 Å². The fourth-order valence-electron chi connectivity index (χ4n) is 3.50. The highest BCUT2D eigenvalue weighted by molar-refractivity contribution is 6.09. The van der Waals surface area contributed by atoms with Crippen LogP contribution < -0.4 is 0 Å². The number of hydrogen-bond acceptors (Lipinski definition) is 2. The molecule has 0 saturated carbocycles. The van der Waals surface area contributed by atoms with Gasteiger partial charge in [0.2, 0.25) is 0 Å². The molecule has 2 nitrogen and oxygen atoms in total. The Bertz CT molecular complexity index is 1390. The van der Waals surface area contributed by atoms with E-state index in [9.17, 15) is 0 Å². The van der Waals surface area contributed by atoms with Gasteiger partial charge in [-0.15, -0.1) is 11.5 Å². The van der Waals surface area contributed by atoms with E-state index >= 15 is 0 Å². The van der Waals surface area contributed by atoms with Gasteiger partial charge in [-0.1, -0.05) is 67.4 Å². The van der Waals surface area contributed by atoms with Gasteiger partial charge in [0.1, 0.15) is 5.70 Å². The van der Waals surface area contributed by atoms with Crippen LogP contribution >= 0.6 is 0 Å². The lowest BCUT2D eigenvalue weighted by atomic mass is 9.93. The molecule has 3 aliphatic rings. The number of hydrogen-bond donors (Lipinski definition) is 0. The quantitative estimate of drug-likeness (QED) is 0.467. The molecule has 2 heteroatoms. The SMILES string of the molecule is C=C(C)C1=NCC2=C=C(/C=C\C(=C)/C(C3=CC=C=CC=C3)=C\1)C(c1ccccc1)=C=CC=N2. The van der Waals surface area contributed by atoms with Crippen LogP contribution in [0.25, 0.3) is 5.57 Å². The third-order valence-corrected chi connectivity index (χ3v) is 5.20. The Labute approximate surface area is 195 Å². The molecule has 4 rings (SSSR count). The van der Waals surface area contributed by atoms with E-state index in [1.54, 1.807) is 6.21 Å². The summed E-state index contributed by atoms with van der Waals surface area (Å²) in [5, 5.41) is 0. The second kappa shape index (κ2) is 10.2. The Kier molecular flexibility index (Phi) is 6.76. The van der Waals surface area contributed by atoms with Crippen molar-refractivity contribution in [2.75, 3.05) is 6.54 Å². The van der Waals surface area contributed by atoms with Gasteiger partial charge < -0.3 is 0 Å². The molecule has 1 aromatic rings. The van der Waals surface area contributed by atoms with Crippen molar-refractivity contribution in [2.45, 2.75) is 6.92 Å². The first kappa shape index (κ1) is 21.8. The van der Waals surface area contributed by atoms with E-state index in [1.807, 2.05) is 79.8 Å². The number of rotatable bonds is 3. The van der Waals surface area contributed by atoms with Crippen LogP contribution in [-0.2, 0) is 0 Å². The Hall–Kier alpha value is -4.44. The Balaban J connectivity index is 1.90. The van der Waals surface area contributed by atoms with Crippen LogP contribution in [-0.4, -0.2) is 18.5 Å². The molecule has 0 saturated heterocycles. The minimum Gasteiger partial charge on any atom is -0.278 e. The lowest BCUT2D eigenvalue weighted by molar-refractivity contribution is 1.11. The molecule has 2 bridgehead atoms. The molecule has 0 radical (unpaired) electrons. The van der Waals surface area contributed by atoms with Crippen LogP contribution in [0.2, 0.25) is 0 Å². The van der Waals surface area contributed by atoms with E-state index in [0.29, 0.717) is 6.54 Å². The molecule has 1 aromatic carbocycles. The zero-order valence-corrected chi connectivity index (χ0v) is 18.7. The molecule has 2 aliphatic heterocycles. The van der Waals surface area contributed by atoms with Gasteiger partial charge in [-0.05, 0) is 71.2 Å². The fraction of sp³-hybridized carbons (Fsp3) is 0.0645. The number of benzene rings is 1. The van der Waals surface area contributed by atoms with E-state index in [-0.39, 0.29) is 0 Å². The van der Waals surface area contributed by atoms with Gasteiger partial charge in [0.25, 0.3) is 0 Å². The number of allylic oxidation sites excluding steroid dienone is 12. The van der Waals surface area contributed by atoms with Crippen LogP contribution in [0.5, 0.6) is 0 Å². The van der Waals surface area contributed by atoms with E-state index in [4.69, 9.17) is 4.99 Å². The van der Waals surface area contributed by atoms with Crippen LogP contribution in [0, 0.1) is 0 Å². The second-order valence-corrected chi connectivity index (χ2v) is 7.70. The van der Waals surface area contributed by atoms with E-state index in [0.717, 1.165) is 50.4 Å². The highest BCUT2D eigenvalue weighted by Crippen LogP contribution is 2.28. The predicted molar refractivity (Wildman–Crippen MR) is 140 cm³/mol. The molecular formula is C31H24N2. The summed E-state index contributed by atoms with van der Waals surface area (Å²) < 4.78 is 0. The monoisotopic (exact) mass is 424 g/mol. The summed E-state index contributed by atoms with van der Waals surface area (Å²) in [6.07, 6.45) is 19.5. The van der Waals surface area contributed by atoms with Gasteiger partial charge in [-0.3, -0.25) is 9.98 Å². The normalized spacial score (nSPS) is 20.0. The van der Waals surface area contributed by atoms with Crippen molar-refractivity contribution >= 4 is 17.5 Å². The minimum atomic E-state index is 0.387. The maximum absolute atomic E-state index is 4.84. The fourth-order valence-corrected chi connectivity index (χ4v) is 3.50. The Morgan fingerprint density at radius 1 is 1.03 bits per heavy atom. The van der Waals surface area contributed by atoms with Gasteiger partial charge in [-0.2, -0.15) is 0 Å². The third kappa shape index (κ3) is 5.43. The second-order valence-electron chi connectivity index (χ2n) is 7.70. The maximum atomic E-state index is 4.84. The van der Waals surface area contributed by atoms with Gasteiger partial charge in [0.15, 0.2) is 0 Å². The molecule has 1 aliphatic carbocycles. The lowest BCUT2D eigenvalue weighted by Crippen LogP contribution is -2.02. The first-order valence-corrected chi connectivity index (χ1v) is 10.8. The van der Waals surface area contributed by atoms with Crippen LogP contribution in [0.4, 0.5) is 0 Å².